The average Bonchev–Trinajstić information content (AvgIpc) is 2.45. The van der Waals surface area contributed by atoms with E-state index < -0.39 is 0 Å². The van der Waals surface area contributed by atoms with Crippen molar-refractivity contribution in [3.63, 3.8) is 0 Å². The number of rotatable bonds is 8. The Morgan fingerprint density at radius 3 is 2.53 bits per heavy atom. The van der Waals surface area contributed by atoms with Crippen molar-refractivity contribution in [1.29, 1.82) is 0 Å². The van der Waals surface area contributed by atoms with E-state index >= 15 is 0 Å². The number of likely N-dealkylation sites (N-methyl/N-ethyl adjacent to an activating group) is 2. The van der Waals surface area contributed by atoms with Crippen LogP contribution in [0.15, 0.2) is 30.3 Å². The number of Topliss-reactive ketones (excluding diaryl/α,β-unsaturated/α-hetero) is 1. The van der Waals surface area contributed by atoms with Crippen molar-refractivity contribution in [3.05, 3.63) is 35.9 Å². The Kier molecular flexibility index (Phi) is 7.22. The molecule has 4 nitrogen and oxygen atoms in total. The second-order valence-corrected chi connectivity index (χ2v) is 5.19. The Hall–Kier alpha value is -1.33. The first kappa shape index (κ1) is 15.7. The van der Waals surface area contributed by atoms with Gasteiger partial charge in [0.2, 0.25) is 5.91 Å². The predicted molar refractivity (Wildman–Crippen MR) is 79.7 cm³/mol. The summed E-state index contributed by atoms with van der Waals surface area (Å²) >= 11 is 1.36. The maximum atomic E-state index is 11.8. The van der Waals surface area contributed by atoms with E-state index in [1.807, 2.05) is 25.2 Å². The number of ketones is 1. The molecule has 1 aromatic carbocycles. The van der Waals surface area contributed by atoms with Gasteiger partial charge in [0.1, 0.15) is 0 Å². The number of amides is 1. The Morgan fingerprint density at radius 1 is 1.21 bits per heavy atom. The van der Waals surface area contributed by atoms with E-state index in [4.69, 9.17) is 0 Å². The maximum Gasteiger partial charge on any atom is 0.232 e. The Balaban J connectivity index is 2.27. The topological polar surface area (TPSA) is 49.4 Å². The van der Waals surface area contributed by atoms with E-state index in [0.29, 0.717) is 23.6 Å². The van der Waals surface area contributed by atoms with Crippen LogP contribution in [-0.4, -0.2) is 55.3 Å². The molecule has 0 unspecified atom stereocenters. The van der Waals surface area contributed by atoms with Crippen molar-refractivity contribution in [2.75, 3.05) is 38.7 Å². The van der Waals surface area contributed by atoms with Crippen LogP contribution in [0.2, 0.25) is 0 Å². The highest BCUT2D eigenvalue weighted by Gasteiger charge is 2.10. The van der Waals surface area contributed by atoms with Crippen LogP contribution in [0.1, 0.15) is 10.4 Å². The molecule has 104 valence electrons. The summed E-state index contributed by atoms with van der Waals surface area (Å²) in [6, 6.07) is 9.15. The molecule has 0 heterocycles. The monoisotopic (exact) mass is 280 g/mol. The second-order valence-electron chi connectivity index (χ2n) is 4.20. The molecule has 0 saturated heterocycles. The number of hydrogen-bond donors (Lipinski definition) is 1. The summed E-state index contributed by atoms with van der Waals surface area (Å²) < 4.78 is 0. The molecule has 0 radical (unpaired) electrons. The third kappa shape index (κ3) is 5.89. The number of carbonyl (C=O) groups is 2. The zero-order valence-corrected chi connectivity index (χ0v) is 12.2. The Morgan fingerprint density at radius 2 is 1.89 bits per heavy atom. The van der Waals surface area contributed by atoms with Crippen LogP contribution in [0.25, 0.3) is 0 Å². The van der Waals surface area contributed by atoms with E-state index in [9.17, 15) is 9.59 Å². The van der Waals surface area contributed by atoms with E-state index in [1.54, 1.807) is 24.1 Å². The van der Waals surface area contributed by atoms with Gasteiger partial charge in [0.25, 0.3) is 0 Å². The maximum absolute atomic E-state index is 11.8. The van der Waals surface area contributed by atoms with Gasteiger partial charge in [-0.1, -0.05) is 30.3 Å². The van der Waals surface area contributed by atoms with Crippen LogP contribution >= 0.6 is 11.8 Å². The number of nitrogens with zero attached hydrogens (tertiary/aromatic N) is 1. The van der Waals surface area contributed by atoms with Crippen LogP contribution < -0.4 is 5.32 Å². The average molecular weight is 280 g/mol. The molecule has 19 heavy (non-hydrogen) atoms. The summed E-state index contributed by atoms with van der Waals surface area (Å²) in [6.07, 6.45) is 0. The molecule has 0 aliphatic rings. The first-order valence-electron chi connectivity index (χ1n) is 6.19. The molecule has 0 aliphatic heterocycles. The van der Waals surface area contributed by atoms with Gasteiger partial charge in [0, 0.05) is 25.7 Å². The first-order valence-corrected chi connectivity index (χ1v) is 7.35. The van der Waals surface area contributed by atoms with Crippen LogP contribution in [0.3, 0.4) is 0 Å². The number of thioether (sulfide) groups is 1. The van der Waals surface area contributed by atoms with Gasteiger partial charge in [-0.05, 0) is 7.05 Å². The molecule has 0 aromatic heterocycles. The van der Waals surface area contributed by atoms with Crippen molar-refractivity contribution >= 4 is 23.5 Å². The smallest absolute Gasteiger partial charge is 0.232 e. The zero-order chi connectivity index (χ0) is 14.1. The van der Waals surface area contributed by atoms with Gasteiger partial charge in [0.05, 0.1) is 11.5 Å². The lowest BCUT2D eigenvalue weighted by Crippen LogP contribution is -2.34. The molecule has 1 rings (SSSR count). The van der Waals surface area contributed by atoms with E-state index in [0.717, 1.165) is 6.54 Å². The van der Waals surface area contributed by atoms with E-state index in [2.05, 4.69) is 5.32 Å². The van der Waals surface area contributed by atoms with Crippen molar-refractivity contribution in [2.45, 2.75) is 0 Å². The predicted octanol–water partition coefficient (Wildman–Crippen LogP) is 1.28. The Labute approximate surface area is 118 Å². The SMILES string of the molecule is CNCCN(C)C(=O)CSCC(=O)c1ccccc1. The fourth-order valence-corrected chi connectivity index (χ4v) is 2.30. The standard InChI is InChI=1S/C14H20N2O2S/c1-15-8-9-16(2)14(18)11-19-10-13(17)12-6-4-3-5-7-12/h3-7,15H,8-11H2,1-2H3. The van der Waals surface area contributed by atoms with Gasteiger partial charge >= 0.3 is 0 Å². The van der Waals surface area contributed by atoms with Crippen molar-refractivity contribution < 1.29 is 9.59 Å². The van der Waals surface area contributed by atoms with Crippen molar-refractivity contribution in [3.8, 4) is 0 Å². The fraction of sp³-hybridized carbons (Fsp3) is 0.429. The number of hydrogen-bond acceptors (Lipinski definition) is 4. The first-order chi connectivity index (χ1) is 9.15. The summed E-state index contributed by atoms with van der Waals surface area (Å²) in [5, 5.41) is 2.99. The van der Waals surface area contributed by atoms with Crippen LogP contribution in [0.5, 0.6) is 0 Å². The quantitative estimate of drug-likeness (QED) is 0.729. The molecule has 0 bridgehead atoms. The lowest BCUT2D eigenvalue weighted by Gasteiger charge is -2.16. The minimum absolute atomic E-state index is 0.0566. The summed E-state index contributed by atoms with van der Waals surface area (Å²) in [4.78, 5) is 25.2. The van der Waals surface area contributed by atoms with Gasteiger partial charge in [0.15, 0.2) is 5.78 Å². The van der Waals surface area contributed by atoms with Crippen LogP contribution in [0, 0.1) is 0 Å². The minimum atomic E-state index is 0.0566. The third-order valence-electron chi connectivity index (χ3n) is 2.68. The van der Waals surface area contributed by atoms with Gasteiger partial charge in [-0.2, -0.15) is 0 Å². The fourth-order valence-electron chi connectivity index (χ4n) is 1.45. The largest absolute Gasteiger partial charge is 0.344 e. The van der Waals surface area contributed by atoms with Gasteiger partial charge in [-0.25, -0.2) is 0 Å². The van der Waals surface area contributed by atoms with E-state index in [1.165, 1.54) is 11.8 Å². The summed E-state index contributed by atoms with van der Waals surface area (Å²) in [5.41, 5.74) is 0.700. The lowest BCUT2D eigenvalue weighted by molar-refractivity contribution is -0.127. The number of carbonyl (C=O) groups excluding carboxylic acids is 2. The Bertz CT molecular complexity index is 409. The molecule has 1 aromatic rings. The van der Waals surface area contributed by atoms with Crippen LogP contribution in [0.4, 0.5) is 0 Å². The highest BCUT2D eigenvalue weighted by molar-refractivity contribution is 8.00. The molecule has 1 amide bonds. The zero-order valence-electron chi connectivity index (χ0n) is 11.4. The lowest BCUT2D eigenvalue weighted by atomic mass is 10.2. The van der Waals surface area contributed by atoms with Gasteiger partial charge in [-0.15, -0.1) is 11.8 Å². The molecule has 5 heteroatoms. The molecular weight excluding hydrogens is 260 g/mol. The van der Waals surface area contributed by atoms with Crippen molar-refractivity contribution in [1.82, 2.24) is 10.2 Å². The third-order valence-corrected chi connectivity index (χ3v) is 3.59. The van der Waals surface area contributed by atoms with E-state index in [-0.39, 0.29) is 11.7 Å². The summed E-state index contributed by atoms with van der Waals surface area (Å²) in [7, 11) is 3.63. The number of nitrogens with one attached hydrogen (secondary N) is 1. The summed E-state index contributed by atoms with van der Waals surface area (Å²) in [5.74, 6) is 0.811. The van der Waals surface area contributed by atoms with Gasteiger partial charge in [-0.3, -0.25) is 9.59 Å². The van der Waals surface area contributed by atoms with Crippen LogP contribution in [-0.2, 0) is 4.79 Å². The van der Waals surface area contributed by atoms with Gasteiger partial charge < -0.3 is 10.2 Å². The molecule has 0 saturated carbocycles. The molecule has 0 atom stereocenters. The summed E-state index contributed by atoms with van der Waals surface area (Å²) in [6.45, 7) is 1.46. The molecule has 0 aliphatic carbocycles. The molecule has 0 fully saturated rings. The highest BCUT2D eigenvalue weighted by Crippen LogP contribution is 2.08. The minimum Gasteiger partial charge on any atom is -0.344 e. The van der Waals surface area contributed by atoms with Crippen molar-refractivity contribution in [2.24, 2.45) is 0 Å². The molecular formula is C14H20N2O2S. The molecule has 0 spiro atoms. The molecule has 1 N–H and O–H groups in total. The number of benzene rings is 1. The second kappa shape index (κ2) is 8.72. The normalized spacial score (nSPS) is 10.2. The highest BCUT2D eigenvalue weighted by atomic mass is 32.2.